The molecule has 1 heterocycles. The molecule has 87 heavy (non-hydrogen) atoms. The topological polar surface area (TPSA) is 210 Å². The quantitative estimate of drug-likeness (QED) is 0.0338. The molecule has 0 bridgehead atoms. The Hall–Kier alpha value is -2.68. The molecule has 3 atom stereocenters. The van der Waals surface area contributed by atoms with Crippen molar-refractivity contribution < 1.29 is 99.6 Å². The predicted molar refractivity (Wildman–Crippen MR) is 333 cm³/mol. The van der Waals surface area contributed by atoms with Crippen molar-refractivity contribution in [2.45, 2.75) is 144 Å². The first kappa shape index (κ1) is 80.4. The molecule has 2 rings (SSSR count). The zero-order chi connectivity index (χ0) is 63.1. The number of carbonyl (C=O) groups excluding carboxylic acids is 2. The summed E-state index contributed by atoms with van der Waals surface area (Å²) in [5.74, 6) is 2.91. The molecule has 21 nitrogen and oxygen atoms in total. The van der Waals surface area contributed by atoms with Crippen LogP contribution in [0.4, 0.5) is 0 Å². The van der Waals surface area contributed by atoms with Gasteiger partial charge in [0.25, 0.3) is 0 Å². The first-order chi connectivity index (χ1) is 42.4. The maximum atomic E-state index is 13.0. The van der Waals surface area contributed by atoms with E-state index in [-0.39, 0.29) is 31.7 Å². The van der Waals surface area contributed by atoms with Crippen molar-refractivity contribution in [2.24, 2.45) is 17.8 Å². The van der Waals surface area contributed by atoms with Gasteiger partial charge in [0.15, 0.2) is 0 Å². The maximum absolute atomic E-state index is 13.0. The number of methoxy groups -OCH3 is 1. The summed E-state index contributed by atoms with van der Waals surface area (Å²) >= 11 is 0. The van der Waals surface area contributed by atoms with Crippen LogP contribution in [0, 0.1) is 38.5 Å². The fourth-order valence-corrected chi connectivity index (χ4v) is 9.39. The summed E-state index contributed by atoms with van der Waals surface area (Å²) in [4.78, 5) is 25.4. The van der Waals surface area contributed by atoms with E-state index in [2.05, 4.69) is 34.6 Å². The van der Waals surface area contributed by atoms with Crippen LogP contribution in [0.3, 0.4) is 0 Å². The molecule has 1 aliphatic rings. The Balaban J connectivity index is 1.29. The molecule has 0 aromatic heterocycles. The first-order valence-corrected chi connectivity index (χ1v) is 32.7. The van der Waals surface area contributed by atoms with Crippen LogP contribution in [0.1, 0.15) is 134 Å². The van der Waals surface area contributed by atoms with Crippen molar-refractivity contribution in [1.29, 1.82) is 0 Å². The van der Waals surface area contributed by atoms with Gasteiger partial charge in [0.1, 0.15) is 23.7 Å². The SMILES string of the molecule is COCCOCCOCCOCCOCCOCCOCCOCCOCCOCCOCCOCCOCCOCCOCCOCCOC(=O)CCC(=O)Oc1c(C)c(C)c2c(c1C)CCC(C)(CCCC(C)CCCC(C)CCCC(C)C)O2. The Morgan fingerprint density at radius 3 is 1.06 bits per heavy atom. The molecule has 0 aliphatic carbocycles. The Morgan fingerprint density at radius 2 is 0.713 bits per heavy atom. The van der Waals surface area contributed by atoms with Gasteiger partial charge >= 0.3 is 11.9 Å². The molecule has 0 N–H and O–H groups in total. The number of ether oxygens (including phenoxy) is 19. The molecular weight excluding hydrogens is 1130 g/mol. The van der Waals surface area contributed by atoms with Crippen LogP contribution in [0.15, 0.2) is 0 Å². The van der Waals surface area contributed by atoms with E-state index in [1.807, 2.05) is 20.8 Å². The van der Waals surface area contributed by atoms with Crippen LogP contribution in [-0.4, -0.2) is 236 Å². The smallest absolute Gasteiger partial charge is 0.311 e. The normalized spacial score (nSPS) is 14.8. The van der Waals surface area contributed by atoms with E-state index < -0.39 is 11.9 Å². The van der Waals surface area contributed by atoms with Crippen LogP contribution in [0.5, 0.6) is 11.5 Å². The zero-order valence-corrected chi connectivity index (χ0v) is 55.6. The summed E-state index contributed by atoms with van der Waals surface area (Å²) < 4.78 is 105. The van der Waals surface area contributed by atoms with Crippen LogP contribution < -0.4 is 9.47 Å². The molecule has 0 fully saturated rings. The Bertz CT molecular complexity index is 1770. The fourth-order valence-electron chi connectivity index (χ4n) is 9.39. The van der Waals surface area contributed by atoms with Crippen molar-refractivity contribution in [2.75, 3.05) is 219 Å². The molecule has 1 aliphatic heterocycles. The van der Waals surface area contributed by atoms with Gasteiger partial charge in [0.2, 0.25) is 0 Å². The Labute approximate surface area is 524 Å². The number of esters is 2. The molecule has 0 saturated heterocycles. The molecule has 0 amide bonds. The minimum atomic E-state index is -0.479. The second kappa shape index (κ2) is 56.1. The lowest BCUT2D eigenvalue weighted by Crippen LogP contribution is -2.37. The third kappa shape index (κ3) is 45.3. The molecule has 510 valence electrons. The van der Waals surface area contributed by atoms with Gasteiger partial charge in [-0.05, 0) is 87.8 Å². The summed E-state index contributed by atoms with van der Waals surface area (Å²) in [5, 5.41) is 0. The van der Waals surface area contributed by atoms with Crippen molar-refractivity contribution in [3.8, 4) is 11.5 Å². The first-order valence-electron chi connectivity index (χ1n) is 32.7. The van der Waals surface area contributed by atoms with E-state index in [0.717, 1.165) is 71.4 Å². The van der Waals surface area contributed by atoms with E-state index in [1.165, 1.54) is 44.9 Å². The summed E-state index contributed by atoms with van der Waals surface area (Å²) in [7, 11) is 1.64. The molecule has 1 aromatic rings. The lowest BCUT2D eigenvalue weighted by Gasteiger charge is -2.38. The number of hydrogen-bond acceptors (Lipinski definition) is 21. The molecule has 0 radical (unpaired) electrons. The van der Waals surface area contributed by atoms with Gasteiger partial charge in [-0.2, -0.15) is 0 Å². The molecule has 0 spiro atoms. The van der Waals surface area contributed by atoms with Crippen LogP contribution in [-0.2, 0) is 96.5 Å². The van der Waals surface area contributed by atoms with Gasteiger partial charge in [0.05, 0.1) is 218 Å². The second-order valence-electron chi connectivity index (χ2n) is 22.8. The van der Waals surface area contributed by atoms with Crippen molar-refractivity contribution in [3.05, 3.63) is 22.3 Å². The number of rotatable bonds is 64. The molecular formula is C66H120O21. The lowest BCUT2D eigenvalue weighted by atomic mass is 9.83. The van der Waals surface area contributed by atoms with Crippen molar-refractivity contribution >= 4 is 11.9 Å². The largest absolute Gasteiger partial charge is 0.487 e. The minimum Gasteiger partial charge on any atom is -0.487 e. The number of hydrogen-bond donors (Lipinski definition) is 0. The lowest BCUT2D eigenvalue weighted by molar-refractivity contribution is -0.148. The summed E-state index contributed by atoms with van der Waals surface area (Å²) in [6.07, 6.45) is 13.1. The fraction of sp³-hybridized carbons (Fsp3) is 0.879. The Morgan fingerprint density at radius 1 is 0.402 bits per heavy atom. The third-order valence-corrected chi connectivity index (χ3v) is 14.7. The van der Waals surface area contributed by atoms with Gasteiger partial charge < -0.3 is 90.0 Å². The third-order valence-electron chi connectivity index (χ3n) is 14.7. The minimum absolute atomic E-state index is 0.0767. The van der Waals surface area contributed by atoms with Gasteiger partial charge in [0, 0.05) is 12.7 Å². The van der Waals surface area contributed by atoms with Crippen LogP contribution in [0.2, 0.25) is 0 Å². The van der Waals surface area contributed by atoms with E-state index in [4.69, 9.17) is 90.0 Å². The Kier molecular flexibility index (Phi) is 51.9. The maximum Gasteiger partial charge on any atom is 0.311 e. The van der Waals surface area contributed by atoms with E-state index in [1.54, 1.807) is 7.11 Å². The summed E-state index contributed by atoms with van der Waals surface area (Å²) in [6.45, 7) is 32.5. The number of carbonyl (C=O) groups is 2. The number of fused-ring (bicyclic) bond motifs is 1. The molecule has 21 heteroatoms. The predicted octanol–water partition coefficient (Wildman–Crippen LogP) is 9.26. The highest BCUT2D eigenvalue weighted by molar-refractivity contribution is 5.80. The van der Waals surface area contributed by atoms with Gasteiger partial charge in [-0.25, -0.2) is 0 Å². The van der Waals surface area contributed by atoms with Crippen LogP contribution in [0.25, 0.3) is 0 Å². The summed E-state index contributed by atoms with van der Waals surface area (Å²) in [6, 6.07) is 0. The highest BCUT2D eigenvalue weighted by Crippen LogP contribution is 2.45. The number of benzene rings is 1. The monoisotopic (exact) mass is 1250 g/mol. The van der Waals surface area contributed by atoms with E-state index in [0.29, 0.717) is 204 Å². The molecule has 1 aromatic carbocycles. The van der Waals surface area contributed by atoms with E-state index in [9.17, 15) is 9.59 Å². The summed E-state index contributed by atoms with van der Waals surface area (Å²) in [5.41, 5.74) is 3.71. The molecule has 3 unspecified atom stereocenters. The molecule has 0 saturated carbocycles. The average molecular weight is 1250 g/mol. The van der Waals surface area contributed by atoms with Crippen LogP contribution >= 0.6 is 0 Å². The standard InChI is InChI=1S/C66H120O21/c1-55(2)13-10-14-56(3)15-11-16-57(4)17-12-21-66(8)22-20-61-60(7)64(58(5)59(6)65(61)87-66)86-63(68)19-18-62(67)85-54-53-84-52-51-83-50-49-82-48-47-81-46-45-80-44-43-79-42-41-78-40-39-77-38-37-76-36-35-75-34-33-74-32-31-73-30-29-72-28-27-71-26-25-70-24-23-69-9/h55-57H,10-54H2,1-9H3. The van der Waals surface area contributed by atoms with Crippen molar-refractivity contribution in [3.63, 3.8) is 0 Å². The highest BCUT2D eigenvalue weighted by Gasteiger charge is 2.35. The van der Waals surface area contributed by atoms with Gasteiger partial charge in [-0.1, -0.05) is 72.6 Å². The van der Waals surface area contributed by atoms with Gasteiger partial charge in [-0.3, -0.25) is 9.59 Å². The zero-order valence-electron chi connectivity index (χ0n) is 55.6. The van der Waals surface area contributed by atoms with Gasteiger partial charge in [-0.15, -0.1) is 0 Å². The second-order valence-corrected chi connectivity index (χ2v) is 22.8. The van der Waals surface area contributed by atoms with E-state index >= 15 is 0 Å². The highest BCUT2D eigenvalue weighted by atomic mass is 16.6. The average Bonchev–Trinajstić information content (AvgIpc) is 1.97. The van der Waals surface area contributed by atoms with Crippen molar-refractivity contribution in [1.82, 2.24) is 0 Å².